The average molecular weight is 380 g/mol. The molecule has 0 saturated carbocycles. The standard InChI is InChI=1S/2C4H8O5S.CH4.2CH3/c2*1-2-9-4(5)3-10(6,7)8;;;/h2*2-3H2,1H3,(H,6,7,8);1H4;2*1H3/q;;;2*+1/p-2. The van der Waals surface area contributed by atoms with Gasteiger partial charge in [-0.1, -0.05) is 7.43 Å². The summed E-state index contributed by atoms with van der Waals surface area (Å²) in [4.78, 5) is 20.5. The lowest BCUT2D eigenvalue weighted by molar-refractivity contribution is -0.141. The van der Waals surface area contributed by atoms with E-state index in [1.807, 2.05) is 0 Å². The second kappa shape index (κ2) is 15.4. The van der Waals surface area contributed by atoms with Gasteiger partial charge in [0.25, 0.3) is 0 Å². The second-order valence-electron chi connectivity index (χ2n) is 3.01. The lowest BCUT2D eigenvalue weighted by atomic mass is 10.8. The summed E-state index contributed by atoms with van der Waals surface area (Å²) in [7, 11) is -8.94. The minimum absolute atomic E-state index is 0. The molecule has 0 aromatic rings. The average Bonchev–Trinajstić information content (AvgIpc) is 2.12. The summed E-state index contributed by atoms with van der Waals surface area (Å²) in [5.41, 5.74) is 0. The van der Waals surface area contributed by atoms with Crippen LogP contribution in [0.4, 0.5) is 0 Å². The molecule has 0 rings (SSSR count). The molecule has 0 aliphatic heterocycles. The quantitative estimate of drug-likeness (QED) is 0.339. The predicted molar refractivity (Wildman–Crippen MR) is 82.0 cm³/mol. The van der Waals surface area contributed by atoms with Crippen LogP contribution in [-0.4, -0.2) is 62.6 Å². The maximum atomic E-state index is 10.3. The van der Waals surface area contributed by atoms with Crippen LogP contribution in [0.3, 0.4) is 0 Å². The molecule has 0 aliphatic rings. The minimum Gasteiger partial charge on any atom is -0.748 e. The first kappa shape index (κ1) is 33.2. The molecule has 12 heteroatoms. The van der Waals surface area contributed by atoms with Crippen LogP contribution in [0.15, 0.2) is 0 Å². The highest BCUT2D eigenvalue weighted by Gasteiger charge is 2.06. The number of hydrogen-bond acceptors (Lipinski definition) is 10. The van der Waals surface area contributed by atoms with Crippen molar-refractivity contribution in [1.82, 2.24) is 0 Å². The predicted octanol–water partition coefficient (Wildman–Crippen LogP) is -0.274. The third-order valence-corrected chi connectivity index (χ3v) is 2.38. The van der Waals surface area contributed by atoms with E-state index in [1.54, 1.807) is 0 Å². The van der Waals surface area contributed by atoms with Crippen LogP contribution in [0.5, 0.6) is 0 Å². The van der Waals surface area contributed by atoms with E-state index in [-0.39, 0.29) is 35.5 Å². The van der Waals surface area contributed by atoms with Crippen LogP contribution >= 0.6 is 0 Å². The van der Waals surface area contributed by atoms with Crippen LogP contribution in [-0.2, 0) is 39.3 Å². The molecule has 140 valence electrons. The molecular weight excluding hydrogens is 356 g/mol. The SMILES string of the molecule is C.CCOC(=O)CS(=O)(=O)[O-].CCOC(=O)CS(=O)(=O)[O-].[CH3+].[CH3+]. The topological polar surface area (TPSA) is 167 Å². The Morgan fingerprint density at radius 1 is 0.783 bits per heavy atom. The maximum absolute atomic E-state index is 10.3. The number of carbonyl (C=O) groups is 2. The summed E-state index contributed by atoms with van der Waals surface area (Å²) >= 11 is 0. The van der Waals surface area contributed by atoms with Crippen molar-refractivity contribution in [3.8, 4) is 0 Å². The first-order chi connectivity index (χ1) is 8.91. The molecule has 0 aromatic heterocycles. The molecule has 0 atom stereocenters. The van der Waals surface area contributed by atoms with Crippen molar-refractivity contribution in [2.45, 2.75) is 21.3 Å². The van der Waals surface area contributed by atoms with E-state index in [0.29, 0.717) is 0 Å². The van der Waals surface area contributed by atoms with Crippen molar-refractivity contribution in [2.24, 2.45) is 0 Å². The summed E-state index contributed by atoms with van der Waals surface area (Å²) in [6.07, 6.45) is 0. The van der Waals surface area contributed by atoms with Crippen molar-refractivity contribution in [2.75, 3.05) is 24.7 Å². The Morgan fingerprint density at radius 2 is 1.00 bits per heavy atom. The van der Waals surface area contributed by atoms with Gasteiger partial charge >= 0.3 is 11.9 Å². The molecule has 0 aliphatic carbocycles. The van der Waals surface area contributed by atoms with Gasteiger partial charge in [0.1, 0.15) is 31.7 Å². The highest BCUT2D eigenvalue weighted by atomic mass is 32.2. The van der Waals surface area contributed by atoms with Gasteiger partial charge in [0, 0.05) is 14.9 Å². The van der Waals surface area contributed by atoms with Gasteiger partial charge in [-0.3, -0.25) is 9.59 Å². The van der Waals surface area contributed by atoms with Crippen molar-refractivity contribution in [1.29, 1.82) is 0 Å². The monoisotopic (exact) mass is 380 g/mol. The fourth-order valence-corrected chi connectivity index (χ4v) is 1.44. The summed E-state index contributed by atoms with van der Waals surface area (Å²) in [5, 5.41) is 0. The number of ether oxygens (including phenoxy) is 2. The molecular formula is C11H24O10S2. The Labute approximate surface area is 138 Å². The minimum atomic E-state index is -4.47. The van der Waals surface area contributed by atoms with Gasteiger partial charge in [0.2, 0.25) is 0 Å². The molecule has 10 nitrogen and oxygen atoms in total. The van der Waals surface area contributed by atoms with Crippen LogP contribution in [0.2, 0.25) is 0 Å². The van der Waals surface area contributed by atoms with Crippen molar-refractivity contribution >= 4 is 32.2 Å². The first-order valence-electron chi connectivity index (χ1n) is 5.09. The van der Waals surface area contributed by atoms with E-state index in [9.17, 15) is 35.5 Å². The fraction of sp³-hybridized carbons (Fsp3) is 0.636. The van der Waals surface area contributed by atoms with E-state index in [0.717, 1.165) is 0 Å². The third kappa shape index (κ3) is 33.4. The fourth-order valence-electron chi connectivity index (χ4n) is 0.694. The number of esters is 2. The smallest absolute Gasteiger partial charge is 0.319 e. The van der Waals surface area contributed by atoms with Crippen LogP contribution in [0.1, 0.15) is 21.3 Å². The Morgan fingerprint density at radius 3 is 1.13 bits per heavy atom. The van der Waals surface area contributed by atoms with Gasteiger partial charge < -0.3 is 18.6 Å². The van der Waals surface area contributed by atoms with Gasteiger partial charge in [0.15, 0.2) is 0 Å². The highest BCUT2D eigenvalue weighted by molar-refractivity contribution is 7.86. The summed E-state index contributed by atoms with van der Waals surface area (Å²) < 4.78 is 67.6. The summed E-state index contributed by atoms with van der Waals surface area (Å²) in [6.45, 7) is 3.20. The molecule has 0 aromatic carbocycles. The van der Waals surface area contributed by atoms with Gasteiger partial charge in [0.05, 0.1) is 13.2 Å². The zero-order valence-electron chi connectivity index (χ0n) is 12.7. The zero-order chi connectivity index (χ0) is 16.4. The number of hydrogen-bond donors (Lipinski definition) is 0. The second-order valence-corrected chi connectivity index (χ2v) is 5.82. The number of rotatable bonds is 6. The van der Waals surface area contributed by atoms with Crippen LogP contribution in [0.25, 0.3) is 0 Å². The Hall–Kier alpha value is -1.50. The van der Waals surface area contributed by atoms with E-state index in [2.05, 4.69) is 9.47 Å². The Bertz CT molecular complexity index is 459. The molecule has 0 saturated heterocycles. The maximum Gasteiger partial charge on any atom is 0.319 e. The van der Waals surface area contributed by atoms with Gasteiger partial charge in [-0.2, -0.15) is 0 Å². The summed E-state index contributed by atoms with van der Waals surface area (Å²) in [6, 6.07) is 0. The summed E-state index contributed by atoms with van der Waals surface area (Å²) in [5.74, 6) is -4.17. The Kier molecular flexibility index (Phi) is 22.2. The highest BCUT2D eigenvalue weighted by Crippen LogP contribution is 1.85. The largest absolute Gasteiger partial charge is 0.748 e. The van der Waals surface area contributed by atoms with Gasteiger partial charge in [-0.25, -0.2) is 16.8 Å². The molecule has 23 heavy (non-hydrogen) atoms. The lowest BCUT2D eigenvalue weighted by Crippen LogP contribution is -2.17. The van der Waals surface area contributed by atoms with Gasteiger partial charge in [-0.15, -0.1) is 0 Å². The molecule has 0 heterocycles. The molecule has 0 unspecified atom stereocenters. The molecule has 0 radical (unpaired) electrons. The molecule has 0 N–H and O–H groups in total. The Balaban J connectivity index is -0.0000000831. The third-order valence-electron chi connectivity index (χ3n) is 1.20. The molecule has 0 bridgehead atoms. The van der Waals surface area contributed by atoms with Crippen molar-refractivity contribution < 1.29 is 45.0 Å². The molecule has 0 spiro atoms. The first-order valence-corrected chi connectivity index (χ1v) is 8.25. The normalized spacial score (nSPS) is 9.57. The van der Waals surface area contributed by atoms with E-state index >= 15 is 0 Å². The zero-order valence-corrected chi connectivity index (χ0v) is 14.4. The van der Waals surface area contributed by atoms with E-state index < -0.39 is 43.7 Å². The van der Waals surface area contributed by atoms with Crippen LogP contribution in [0, 0.1) is 14.9 Å². The molecule has 0 amide bonds. The van der Waals surface area contributed by atoms with Crippen LogP contribution < -0.4 is 0 Å². The van der Waals surface area contributed by atoms with Gasteiger partial charge in [-0.05, 0) is 13.8 Å². The lowest BCUT2D eigenvalue weighted by Gasteiger charge is -2.04. The number of carbonyl (C=O) groups excluding carboxylic acids is 2. The van der Waals surface area contributed by atoms with E-state index in [1.165, 1.54) is 13.8 Å². The van der Waals surface area contributed by atoms with Crippen molar-refractivity contribution in [3.05, 3.63) is 14.9 Å². The van der Waals surface area contributed by atoms with Crippen molar-refractivity contribution in [3.63, 3.8) is 0 Å². The molecule has 0 fully saturated rings. The van der Waals surface area contributed by atoms with E-state index in [4.69, 9.17) is 0 Å².